The van der Waals surface area contributed by atoms with E-state index in [4.69, 9.17) is 4.74 Å². The molecule has 1 aromatic heterocycles. The van der Waals surface area contributed by atoms with Crippen molar-refractivity contribution in [1.29, 1.82) is 0 Å². The van der Waals surface area contributed by atoms with Crippen molar-refractivity contribution in [2.24, 2.45) is 0 Å². The van der Waals surface area contributed by atoms with Crippen molar-refractivity contribution >= 4 is 5.91 Å². The van der Waals surface area contributed by atoms with Crippen LogP contribution >= 0.6 is 0 Å². The van der Waals surface area contributed by atoms with Gasteiger partial charge in [0.2, 0.25) is 0 Å². The number of piperidine rings is 1. The first-order valence-corrected chi connectivity index (χ1v) is 9.19. The number of carbonyl (C=O) groups is 1. The molecule has 1 aromatic carbocycles. The van der Waals surface area contributed by atoms with Crippen molar-refractivity contribution in [2.75, 3.05) is 26.3 Å². The highest BCUT2D eigenvalue weighted by Gasteiger charge is 2.26. The lowest BCUT2D eigenvalue weighted by Crippen LogP contribution is -2.38. The van der Waals surface area contributed by atoms with Crippen molar-refractivity contribution in [1.82, 2.24) is 15.1 Å². The average Bonchev–Trinajstić information content (AvgIpc) is 3.33. The van der Waals surface area contributed by atoms with E-state index < -0.39 is 0 Å². The second-order valence-corrected chi connectivity index (χ2v) is 7.20. The molecule has 2 saturated heterocycles. The standard InChI is InChI=1S/C20H25N3O2/c1-14-19(12-21-22-14)15-5-8-23(9-6-15)20(24)17-4-2-3-16(11-17)18-7-10-25-13-18/h2-4,11-12,15,18H,5-10,13H2,1H3,(H,21,22). The summed E-state index contributed by atoms with van der Waals surface area (Å²) in [6.45, 7) is 5.28. The number of amides is 1. The SMILES string of the molecule is Cc1[nH]ncc1C1CCN(C(=O)c2cccc(C3CCOC3)c2)CC1. The van der Waals surface area contributed by atoms with Crippen LogP contribution in [0.5, 0.6) is 0 Å². The van der Waals surface area contributed by atoms with Gasteiger partial charge < -0.3 is 9.64 Å². The molecule has 0 saturated carbocycles. The Morgan fingerprint density at radius 1 is 1.24 bits per heavy atom. The van der Waals surface area contributed by atoms with Gasteiger partial charge in [0.05, 0.1) is 12.8 Å². The number of ether oxygens (including phenoxy) is 1. The van der Waals surface area contributed by atoms with Crippen LogP contribution in [0, 0.1) is 6.92 Å². The number of benzene rings is 1. The number of likely N-dealkylation sites (tertiary alicyclic amines) is 1. The van der Waals surface area contributed by atoms with Crippen LogP contribution in [0.1, 0.15) is 58.3 Å². The van der Waals surface area contributed by atoms with Gasteiger partial charge in [-0.25, -0.2) is 0 Å². The monoisotopic (exact) mass is 339 g/mol. The molecule has 2 fully saturated rings. The molecule has 4 rings (SSSR count). The van der Waals surface area contributed by atoms with Crippen LogP contribution in [0.3, 0.4) is 0 Å². The Morgan fingerprint density at radius 2 is 2.08 bits per heavy atom. The summed E-state index contributed by atoms with van der Waals surface area (Å²) in [7, 11) is 0. The topological polar surface area (TPSA) is 58.2 Å². The Hall–Kier alpha value is -2.14. The second kappa shape index (κ2) is 7.00. The third-order valence-electron chi connectivity index (χ3n) is 5.63. The Balaban J connectivity index is 1.42. The Bertz CT molecular complexity index is 741. The van der Waals surface area contributed by atoms with E-state index in [1.807, 2.05) is 23.2 Å². The van der Waals surface area contributed by atoms with Gasteiger partial charge in [0, 0.05) is 36.9 Å². The first kappa shape index (κ1) is 16.3. The van der Waals surface area contributed by atoms with Gasteiger partial charge in [-0.15, -0.1) is 0 Å². The fraction of sp³-hybridized carbons (Fsp3) is 0.500. The summed E-state index contributed by atoms with van der Waals surface area (Å²) in [4.78, 5) is 14.9. The maximum atomic E-state index is 12.9. The van der Waals surface area contributed by atoms with E-state index in [0.29, 0.717) is 11.8 Å². The average molecular weight is 339 g/mol. The molecule has 1 amide bonds. The van der Waals surface area contributed by atoms with E-state index in [-0.39, 0.29) is 5.91 Å². The smallest absolute Gasteiger partial charge is 0.253 e. The number of aryl methyl sites for hydroxylation is 1. The first-order chi connectivity index (χ1) is 12.2. The zero-order chi connectivity index (χ0) is 17.2. The first-order valence-electron chi connectivity index (χ1n) is 9.19. The molecule has 5 heteroatoms. The number of carbonyl (C=O) groups excluding carboxylic acids is 1. The molecule has 2 aromatic rings. The maximum absolute atomic E-state index is 12.9. The molecule has 3 heterocycles. The van der Waals surface area contributed by atoms with Crippen molar-refractivity contribution < 1.29 is 9.53 Å². The molecule has 25 heavy (non-hydrogen) atoms. The maximum Gasteiger partial charge on any atom is 0.253 e. The van der Waals surface area contributed by atoms with Gasteiger partial charge in [0.15, 0.2) is 0 Å². The zero-order valence-electron chi connectivity index (χ0n) is 14.7. The summed E-state index contributed by atoms with van der Waals surface area (Å²) < 4.78 is 5.48. The second-order valence-electron chi connectivity index (χ2n) is 7.20. The van der Waals surface area contributed by atoms with E-state index in [1.165, 1.54) is 11.1 Å². The van der Waals surface area contributed by atoms with Crippen molar-refractivity contribution in [3.63, 3.8) is 0 Å². The van der Waals surface area contributed by atoms with E-state index in [0.717, 1.165) is 56.8 Å². The number of hydrogen-bond acceptors (Lipinski definition) is 3. The molecule has 1 unspecified atom stereocenters. The lowest BCUT2D eigenvalue weighted by Gasteiger charge is -2.32. The quantitative estimate of drug-likeness (QED) is 0.934. The van der Waals surface area contributed by atoms with E-state index in [1.54, 1.807) is 0 Å². The summed E-state index contributed by atoms with van der Waals surface area (Å²) in [6.07, 6.45) is 4.99. The van der Waals surface area contributed by atoms with Gasteiger partial charge in [-0.05, 0) is 55.4 Å². The van der Waals surface area contributed by atoms with Crippen molar-refractivity contribution in [3.8, 4) is 0 Å². The minimum Gasteiger partial charge on any atom is -0.381 e. The van der Waals surface area contributed by atoms with Crippen LogP contribution in [-0.2, 0) is 4.74 Å². The van der Waals surface area contributed by atoms with Crippen LogP contribution in [0.2, 0.25) is 0 Å². The lowest BCUT2D eigenvalue weighted by atomic mass is 9.89. The Kier molecular flexibility index (Phi) is 4.57. The summed E-state index contributed by atoms with van der Waals surface area (Å²) in [5, 5.41) is 7.15. The molecule has 2 aliphatic rings. The number of rotatable bonds is 3. The van der Waals surface area contributed by atoms with Gasteiger partial charge in [0.25, 0.3) is 5.91 Å². The zero-order valence-corrected chi connectivity index (χ0v) is 14.7. The van der Waals surface area contributed by atoms with Crippen LogP contribution in [0.4, 0.5) is 0 Å². The predicted molar refractivity (Wildman–Crippen MR) is 95.8 cm³/mol. The van der Waals surface area contributed by atoms with Crippen LogP contribution in [0.25, 0.3) is 0 Å². The highest BCUT2D eigenvalue weighted by molar-refractivity contribution is 5.94. The van der Waals surface area contributed by atoms with E-state index >= 15 is 0 Å². The summed E-state index contributed by atoms with van der Waals surface area (Å²) in [6, 6.07) is 8.12. The molecular weight excluding hydrogens is 314 g/mol. The lowest BCUT2D eigenvalue weighted by molar-refractivity contribution is 0.0713. The van der Waals surface area contributed by atoms with Crippen LogP contribution in [-0.4, -0.2) is 47.3 Å². The summed E-state index contributed by atoms with van der Waals surface area (Å²) in [5.41, 5.74) is 4.49. The third-order valence-corrected chi connectivity index (χ3v) is 5.63. The van der Waals surface area contributed by atoms with Gasteiger partial charge >= 0.3 is 0 Å². The number of aromatic nitrogens is 2. The molecule has 0 spiro atoms. The number of hydrogen-bond donors (Lipinski definition) is 1. The van der Waals surface area contributed by atoms with E-state index in [2.05, 4.69) is 29.3 Å². The van der Waals surface area contributed by atoms with Crippen molar-refractivity contribution in [2.45, 2.75) is 38.0 Å². The van der Waals surface area contributed by atoms with Crippen LogP contribution < -0.4 is 0 Å². The highest BCUT2D eigenvalue weighted by Crippen LogP contribution is 2.30. The number of aromatic amines is 1. The predicted octanol–water partition coefficient (Wildman–Crippen LogP) is 3.24. The highest BCUT2D eigenvalue weighted by atomic mass is 16.5. The molecule has 1 N–H and O–H groups in total. The van der Waals surface area contributed by atoms with Crippen molar-refractivity contribution in [3.05, 3.63) is 52.8 Å². The minimum atomic E-state index is 0.156. The number of nitrogens with zero attached hydrogens (tertiary/aromatic N) is 2. The Morgan fingerprint density at radius 3 is 2.76 bits per heavy atom. The molecular formula is C20H25N3O2. The largest absolute Gasteiger partial charge is 0.381 e. The molecule has 5 nitrogen and oxygen atoms in total. The van der Waals surface area contributed by atoms with E-state index in [9.17, 15) is 4.79 Å². The summed E-state index contributed by atoms with van der Waals surface area (Å²) in [5.74, 6) is 1.09. The minimum absolute atomic E-state index is 0.156. The molecule has 132 valence electrons. The van der Waals surface area contributed by atoms with Gasteiger partial charge in [-0.2, -0.15) is 5.10 Å². The number of nitrogens with one attached hydrogen (secondary N) is 1. The molecule has 2 aliphatic heterocycles. The van der Waals surface area contributed by atoms with Gasteiger partial charge in [0.1, 0.15) is 0 Å². The molecule has 1 atom stereocenters. The fourth-order valence-corrected chi connectivity index (χ4v) is 4.07. The third kappa shape index (κ3) is 3.33. The molecule has 0 bridgehead atoms. The Labute approximate surface area is 148 Å². The summed E-state index contributed by atoms with van der Waals surface area (Å²) >= 11 is 0. The molecule has 0 aliphatic carbocycles. The van der Waals surface area contributed by atoms with Crippen LogP contribution in [0.15, 0.2) is 30.5 Å². The van der Waals surface area contributed by atoms with Gasteiger partial charge in [-0.3, -0.25) is 9.89 Å². The number of H-pyrrole nitrogens is 1. The fourth-order valence-electron chi connectivity index (χ4n) is 4.07. The molecule has 0 radical (unpaired) electrons. The normalized spacial score (nSPS) is 21.6. The van der Waals surface area contributed by atoms with Gasteiger partial charge in [-0.1, -0.05) is 12.1 Å².